The van der Waals surface area contributed by atoms with Gasteiger partial charge in [-0.1, -0.05) is 36.7 Å². The van der Waals surface area contributed by atoms with Gasteiger partial charge < -0.3 is 5.32 Å². The van der Waals surface area contributed by atoms with Gasteiger partial charge >= 0.3 is 0 Å². The van der Waals surface area contributed by atoms with E-state index in [4.69, 9.17) is 11.6 Å². The zero-order valence-electron chi connectivity index (χ0n) is 12.7. The summed E-state index contributed by atoms with van der Waals surface area (Å²) in [6.45, 7) is 2.34. The molecule has 1 aromatic rings. The molecule has 3 amide bonds. The van der Waals surface area contributed by atoms with Gasteiger partial charge in [-0.3, -0.25) is 19.3 Å². The smallest absolute Gasteiger partial charge is 0.293 e. The Labute approximate surface area is 144 Å². The van der Waals surface area contributed by atoms with Crippen molar-refractivity contribution >= 4 is 46.5 Å². The fourth-order valence-corrected chi connectivity index (χ4v) is 3.09. The molecule has 23 heavy (non-hydrogen) atoms. The number of halogens is 1. The van der Waals surface area contributed by atoms with Gasteiger partial charge in [0, 0.05) is 24.5 Å². The minimum atomic E-state index is -0.357. The van der Waals surface area contributed by atoms with Crippen LogP contribution in [0.1, 0.15) is 25.3 Å². The molecule has 2 rings (SSSR count). The summed E-state index contributed by atoms with van der Waals surface area (Å²) < 4.78 is 0. The van der Waals surface area contributed by atoms with E-state index in [0.717, 1.165) is 23.1 Å². The maximum absolute atomic E-state index is 12.3. The molecule has 1 heterocycles. The molecule has 1 aromatic carbocycles. The van der Waals surface area contributed by atoms with Crippen LogP contribution < -0.4 is 5.32 Å². The van der Waals surface area contributed by atoms with Crippen molar-refractivity contribution in [1.82, 2.24) is 10.2 Å². The molecule has 0 bridgehead atoms. The summed E-state index contributed by atoms with van der Waals surface area (Å²) in [5.74, 6) is -0.434. The topological polar surface area (TPSA) is 66.5 Å². The molecule has 0 spiro atoms. The van der Waals surface area contributed by atoms with E-state index >= 15 is 0 Å². The first-order valence-corrected chi connectivity index (χ1v) is 8.49. The van der Waals surface area contributed by atoms with Gasteiger partial charge in [0.15, 0.2) is 0 Å². The molecule has 7 heteroatoms. The zero-order chi connectivity index (χ0) is 16.8. The maximum atomic E-state index is 12.3. The lowest BCUT2D eigenvalue weighted by molar-refractivity contribution is -0.124. The number of amides is 3. The molecule has 0 aliphatic carbocycles. The minimum absolute atomic E-state index is 0.0777. The fourth-order valence-electron chi connectivity index (χ4n) is 2.05. The molecule has 1 aliphatic heterocycles. The Morgan fingerprint density at radius 1 is 1.35 bits per heavy atom. The number of nitrogens with zero attached hydrogens (tertiary/aromatic N) is 1. The van der Waals surface area contributed by atoms with Gasteiger partial charge in [-0.2, -0.15) is 0 Å². The van der Waals surface area contributed by atoms with Crippen LogP contribution in [0, 0.1) is 0 Å². The number of hydrogen-bond acceptors (Lipinski definition) is 4. The van der Waals surface area contributed by atoms with E-state index < -0.39 is 0 Å². The number of hydrogen-bond donors (Lipinski definition) is 1. The van der Waals surface area contributed by atoms with Crippen molar-refractivity contribution in [2.45, 2.75) is 19.8 Å². The monoisotopic (exact) mass is 352 g/mol. The highest BCUT2D eigenvalue weighted by Gasteiger charge is 2.34. The van der Waals surface area contributed by atoms with Crippen LogP contribution in [0.4, 0.5) is 4.79 Å². The Kier molecular flexibility index (Phi) is 6.24. The highest BCUT2D eigenvalue weighted by molar-refractivity contribution is 8.18. The van der Waals surface area contributed by atoms with Gasteiger partial charge in [0.2, 0.25) is 5.91 Å². The highest BCUT2D eigenvalue weighted by atomic mass is 35.5. The number of carbonyl (C=O) groups is 3. The van der Waals surface area contributed by atoms with Crippen molar-refractivity contribution in [3.63, 3.8) is 0 Å². The summed E-state index contributed by atoms with van der Waals surface area (Å²) in [6.07, 6.45) is 2.81. The van der Waals surface area contributed by atoms with E-state index in [9.17, 15) is 14.4 Å². The third kappa shape index (κ3) is 4.59. The van der Waals surface area contributed by atoms with E-state index in [1.807, 2.05) is 13.0 Å². The predicted octanol–water partition coefficient (Wildman–Crippen LogP) is 3.29. The van der Waals surface area contributed by atoms with Crippen molar-refractivity contribution in [1.29, 1.82) is 0 Å². The second-order valence-corrected chi connectivity index (χ2v) is 6.36. The molecule has 0 saturated carbocycles. The maximum Gasteiger partial charge on any atom is 0.293 e. The van der Waals surface area contributed by atoms with Crippen molar-refractivity contribution < 1.29 is 14.4 Å². The van der Waals surface area contributed by atoms with E-state index in [1.54, 1.807) is 24.3 Å². The van der Waals surface area contributed by atoms with Crippen molar-refractivity contribution in [2.24, 2.45) is 0 Å². The molecular formula is C16H17ClN2O3S. The van der Waals surface area contributed by atoms with Crippen LogP contribution in [-0.4, -0.2) is 35.0 Å². The lowest BCUT2D eigenvalue weighted by Crippen LogP contribution is -2.37. The first-order chi connectivity index (χ1) is 11.0. The zero-order valence-corrected chi connectivity index (χ0v) is 14.2. The SMILES string of the molecule is CCCC(=O)NCCN1C(=O)SC(=Cc2ccccc2Cl)C1=O. The van der Waals surface area contributed by atoms with Gasteiger partial charge in [0.1, 0.15) is 0 Å². The fraction of sp³-hybridized carbons (Fsp3) is 0.312. The summed E-state index contributed by atoms with van der Waals surface area (Å²) in [4.78, 5) is 37.1. The van der Waals surface area contributed by atoms with Gasteiger partial charge in [0.05, 0.1) is 4.91 Å². The number of nitrogens with one attached hydrogen (secondary N) is 1. The first-order valence-electron chi connectivity index (χ1n) is 7.29. The number of rotatable bonds is 6. The molecular weight excluding hydrogens is 336 g/mol. The molecule has 1 N–H and O–H groups in total. The number of thioether (sulfide) groups is 1. The Hall–Kier alpha value is -1.79. The second-order valence-electron chi connectivity index (χ2n) is 4.95. The Morgan fingerprint density at radius 2 is 2.09 bits per heavy atom. The van der Waals surface area contributed by atoms with Crippen LogP contribution in [0.3, 0.4) is 0 Å². The summed E-state index contributed by atoms with van der Waals surface area (Å²) >= 11 is 6.94. The summed E-state index contributed by atoms with van der Waals surface area (Å²) in [7, 11) is 0. The Morgan fingerprint density at radius 3 is 2.78 bits per heavy atom. The van der Waals surface area contributed by atoms with Crippen LogP contribution >= 0.6 is 23.4 Å². The molecule has 0 aromatic heterocycles. The summed E-state index contributed by atoms with van der Waals surface area (Å²) in [6, 6.07) is 7.11. The third-order valence-corrected chi connectivity index (χ3v) is 4.45. The predicted molar refractivity (Wildman–Crippen MR) is 92.0 cm³/mol. The second kappa shape index (κ2) is 8.17. The molecule has 1 fully saturated rings. The lowest BCUT2D eigenvalue weighted by atomic mass is 10.2. The first kappa shape index (κ1) is 17.6. The van der Waals surface area contributed by atoms with E-state index in [0.29, 0.717) is 21.9 Å². The third-order valence-electron chi connectivity index (χ3n) is 3.20. The summed E-state index contributed by atoms with van der Waals surface area (Å²) in [5.41, 5.74) is 0.691. The molecule has 1 saturated heterocycles. The molecule has 1 aliphatic rings. The van der Waals surface area contributed by atoms with Gasteiger partial charge in [-0.05, 0) is 35.9 Å². The lowest BCUT2D eigenvalue weighted by Gasteiger charge is -2.12. The van der Waals surface area contributed by atoms with E-state index in [2.05, 4.69) is 5.32 Å². The van der Waals surface area contributed by atoms with E-state index in [-0.39, 0.29) is 30.1 Å². The summed E-state index contributed by atoms with van der Waals surface area (Å²) in [5, 5.41) is 2.87. The highest BCUT2D eigenvalue weighted by Crippen LogP contribution is 2.33. The molecule has 0 unspecified atom stereocenters. The van der Waals surface area contributed by atoms with Gasteiger partial charge in [-0.15, -0.1) is 0 Å². The van der Waals surface area contributed by atoms with Crippen molar-refractivity contribution in [3.05, 3.63) is 39.8 Å². The van der Waals surface area contributed by atoms with Crippen molar-refractivity contribution in [2.75, 3.05) is 13.1 Å². The Balaban J connectivity index is 2.00. The minimum Gasteiger partial charge on any atom is -0.354 e. The normalized spacial score (nSPS) is 16.3. The average molecular weight is 353 g/mol. The molecule has 5 nitrogen and oxygen atoms in total. The average Bonchev–Trinajstić information content (AvgIpc) is 2.77. The van der Waals surface area contributed by atoms with E-state index in [1.165, 1.54) is 0 Å². The van der Waals surface area contributed by atoms with Crippen LogP contribution in [0.15, 0.2) is 29.2 Å². The van der Waals surface area contributed by atoms with Crippen LogP contribution in [-0.2, 0) is 9.59 Å². The van der Waals surface area contributed by atoms with Crippen molar-refractivity contribution in [3.8, 4) is 0 Å². The number of benzene rings is 1. The van der Waals surface area contributed by atoms with Crippen LogP contribution in [0.5, 0.6) is 0 Å². The Bertz CT molecular complexity index is 660. The van der Waals surface area contributed by atoms with Gasteiger partial charge in [0.25, 0.3) is 11.1 Å². The molecule has 122 valence electrons. The van der Waals surface area contributed by atoms with Crippen LogP contribution in [0.25, 0.3) is 6.08 Å². The molecule has 0 atom stereocenters. The molecule has 0 radical (unpaired) electrons. The quantitative estimate of drug-likeness (QED) is 0.798. The number of carbonyl (C=O) groups excluding carboxylic acids is 3. The van der Waals surface area contributed by atoms with Gasteiger partial charge in [-0.25, -0.2) is 0 Å². The van der Waals surface area contributed by atoms with Crippen LogP contribution in [0.2, 0.25) is 5.02 Å². The number of imide groups is 1. The standard InChI is InChI=1S/C16H17ClN2O3S/c1-2-5-14(20)18-8-9-19-15(21)13(23-16(19)22)10-11-6-3-4-7-12(11)17/h3-4,6-7,10H,2,5,8-9H2,1H3,(H,18,20). The largest absolute Gasteiger partial charge is 0.354 e.